The zero-order chi connectivity index (χ0) is 13.4. The highest BCUT2D eigenvalue weighted by atomic mass is 16.3. The van der Waals surface area contributed by atoms with E-state index in [0.29, 0.717) is 0 Å². The molecule has 0 bridgehead atoms. The highest BCUT2D eigenvalue weighted by Crippen LogP contribution is 2.40. The molecule has 2 unspecified atom stereocenters. The standard InChI is InChI=1S/C13H28N2O2/c1-10(16)14(11(2)17)15-12(3,4)8-7-9-13(15,5)6/h10-11,16-17H,7-9H2,1-6H3. The van der Waals surface area contributed by atoms with E-state index in [0.717, 1.165) is 12.8 Å². The zero-order valence-corrected chi connectivity index (χ0v) is 12.1. The summed E-state index contributed by atoms with van der Waals surface area (Å²) < 4.78 is 0. The third kappa shape index (κ3) is 2.99. The maximum atomic E-state index is 9.92. The van der Waals surface area contributed by atoms with Gasteiger partial charge in [-0.25, -0.2) is 5.01 Å². The van der Waals surface area contributed by atoms with Gasteiger partial charge in [0.25, 0.3) is 0 Å². The largest absolute Gasteiger partial charge is 0.377 e. The van der Waals surface area contributed by atoms with Crippen LogP contribution in [-0.2, 0) is 0 Å². The minimum absolute atomic E-state index is 0.0459. The first-order chi connectivity index (χ1) is 7.59. The minimum atomic E-state index is -0.688. The van der Waals surface area contributed by atoms with Crippen LogP contribution in [0.2, 0.25) is 0 Å². The van der Waals surface area contributed by atoms with Crippen LogP contribution in [0.5, 0.6) is 0 Å². The van der Waals surface area contributed by atoms with E-state index < -0.39 is 12.5 Å². The fourth-order valence-corrected chi connectivity index (χ4v) is 3.26. The number of nitrogens with zero attached hydrogens (tertiary/aromatic N) is 2. The fraction of sp³-hybridized carbons (Fsp3) is 1.00. The van der Waals surface area contributed by atoms with Crippen LogP contribution in [-0.4, -0.2) is 43.8 Å². The Hall–Kier alpha value is -0.160. The summed E-state index contributed by atoms with van der Waals surface area (Å²) in [5.41, 5.74) is -0.0918. The molecule has 1 rings (SSSR count). The van der Waals surface area contributed by atoms with E-state index in [9.17, 15) is 10.2 Å². The van der Waals surface area contributed by atoms with Crippen molar-refractivity contribution in [3.63, 3.8) is 0 Å². The summed E-state index contributed by atoms with van der Waals surface area (Å²) >= 11 is 0. The third-order valence-corrected chi connectivity index (χ3v) is 3.72. The first-order valence-corrected chi connectivity index (χ1v) is 6.54. The van der Waals surface area contributed by atoms with Gasteiger partial charge < -0.3 is 10.2 Å². The average Bonchev–Trinajstić information content (AvgIpc) is 2.09. The van der Waals surface area contributed by atoms with Crippen molar-refractivity contribution in [3.05, 3.63) is 0 Å². The van der Waals surface area contributed by atoms with E-state index >= 15 is 0 Å². The van der Waals surface area contributed by atoms with Crippen LogP contribution in [0.3, 0.4) is 0 Å². The Morgan fingerprint density at radius 1 is 0.941 bits per heavy atom. The molecule has 2 atom stereocenters. The molecule has 17 heavy (non-hydrogen) atoms. The normalized spacial score (nSPS) is 28.1. The summed E-state index contributed by atoms with van der Waals surface area (Å²) in [5, 5.41) is 23.7. The van der Waals surface area contributed by atoms with Gasteiger partial charge >= 0.3 is 0 Å². The lowest BCUT2D eigenvalue weighted by molar-refractivity contribution is -0.282. The zero-order valence-electron chi connectivity index (χ0n) is 12.1. The van der Waals surface area contributed by atoms with Crippen molar-refractivity contribution in [2.75, 3.05) is 0 Å². The van der Waals surface area contributed by atoms with Crippen LogP contribution in [0.25, 0.3) is 0 Å². The van der Waals surface area contributed by atoms with Crippen LogP contribution in [0, 0.1) is 0 Å². The summed E-state index contributed by atoms with van der Waals surface area (Å²) in [4.78, 5) is 0. The maximum absolute atomic E-state index is 9.92. The van der Waals surface area contributed by atoms with Crippen LogP contribution < -0.4 is 0 Å². The van der Waals surface area contributed by atoms with Crippen molar-refractivity contribution in [2.45, 2.75) is 84.3 Å². The van der Waals surface area contributed by atoms with Crippen LogP contribution in [0.15, 0.2) is 0 Å². The quantitative estimate of drug-likeness (QED) is 0.745. The monoisotopic (exact) mass is 244 g/mol. The van der Waals surface area contributed by atoms with E-state index in [2.05, 4.69) is 32.7 Å². The Labute approximate surface area is 105 Å². The van der Waals surface area contributed by atoms with Gasteiger partial charge in [0.05, 0.1) is 0 Å². The molecular formula is C13H28N2O2. The number of piperidine rings is 1. The van der Waals surface area contributed by atoms with E-state index in [-0.39, 0.29) is 11.1 Å². The second-order valence-electron chi connectivity index (χ2n) is 6.43. The van der Waals surface area contributed by atoms with Crippen LogP contribution >= 0.6 is 0 Å². The summed E-state index contributed by atoms with van der Waals surface area (Å²) in [6, 6.07) is 0. The predicted octanol–water partition coefficient (Wildman–Crippen LogP) is 1.92. The lowest BCUT2D eigenvalue weighted by Crippen LogP contribution is -2.68. The van der Waals surface area contributed by atoms with Gasteiger partial charge in [-0.2, -0.15) is 5.01 Å². The van der Waals surface area contributed by atoms with Gasteiger partial charge in [-0.3, -0.25) is 0 Å². The number of hydrogen-bond acceptors (Lipinski definition) is 4. The number of rotatable bonds is 3. The Morgan fingerprint density at radius 3 is 1.59 bits per heavy atom. The van der Waals surface area contributed by atoms with Gasteiger partial charge in [-0.1, -0.05) is 0 Å². The Kier molecular flexibility index (Phi) is 4.24. The first kappa shape index (κ1) is 14.9. The lowest BCUT2D eigenvalue weighted by atomic mass is 9.81. The van der Waals surface area contributed by atoms with Crippen molar-refractivity contribution in [2.24, 2.45) is 0 Å². The van der Waals surface area contributed by atoms with Crippen molar-refractivity contribution >= 4 is 0 Å². The second kappa shape index (κ2) is 4.84. The molecule has 0 saturated carbocycles. The molecule has 0 aromatic rings. The average molecular weight is 244 g/mol. The van der Waals surface area contributed by atoms with Crippen molar-refractivity contribution in [1.82, 2.24) is 10.0 Å². The smallest absolute Gasteiger partial charge is 0.120 e. The summed E-state index contributed by atoms with van der Waals surface area (Å²) in [6.07, 6.45) is 1.96. The molecule has 0 radical (unpaired) electrons. The first-order valence-electron chi connectivity index (χ1n) is 6.54. The minimum Gasteiger partial charge on any atom is -0.377 e. The molecule has 102 valence electrons. The van der Waals surface area contributed by atoms with E-state index in [1.165, 1.54) is 6.42 Å². The Balaban J connectivity index is 3.10. The lowest BCUT2D eigenvalue weighted by Gasteiger charge is -2.58. The summed E-state index contributed by atoms with van der Waals surface area (Å²) in [5.74, 6) is 0. The second-order valence-corrected chi connectivity index (χ2v) is 6.43. The number of aliphatic hydroxyl groups is 2. The van der Waals surface area contributed by atoms with Gasteiger partial charge in [-0.15, -0.1) is 0 Å². The molecule has 1 fully saturated rings. The number of hydrogen-bond donors (Lipinski definition) is 2. The molecule has 0 aromatic heterocycles. The van der Waals surface area contributed by atoms with Crippen molar-refractivity contribution < 1.29 is 10.2 Å². The molecular weight excluding hydrogens is 216 g/mol. The highest BCUT2D eigenvalue weighted by molar-refractivity contribution is 4.95. The van der Waals surface area contributed by atoms with E-state index in [1.807, 2.05) is 0 Å². The van der Waals surface area contributed by atoms with Crippen molar-refractivity contribution in [3.8, 4) is 0 Å². The molecule has 0 amide bonds. The summed E-state index contributed by atoms with van der Waals surface area (Å²) in [6.45, 7) is 12.1. The van der Waals surface area contributed by atoms with Gasteiger partial charge in [0.15, 0.2) is 0 Å². The van der Waals surface area contributed by atoms with Gasteiger partial charge in [0, 0.05) is 11.1 Å². The molecule has 1 saturated heterocycles. The molecule has 1 aliphatic heterocycles. The Morgan fingerprint density at radius 2 is 1.29 bits per heavy atom. The van der Waals surface area contributed by atoms with E-state index in [1.54, 1.807) is 18.9 Å². The molecule has 0 aliphatic carbocycles. The molecule has 1 aliphatic rings. The number of aliphatic hydroxyl groups excluding tert-OH is 2. The molecule has 2 N–H and O–H groups in total. The van der Waals surface area contributed by atoms with Gasteiger partial charge in [0.2, 0.25) is 0 Å². The SMILES string of the molecule is CC(O)N(C(C)O)N1C(C)(C)CCCC1(C)C. The van der Waals surface area contributed by atoms with Crippen LogP contribution in [0.4, 0.5) is 0 Å². The molecule has 4 heteroatoms. The third-order valence-electron chi connectivity index (χ3n) is 3.72. The molecule has 0 spiro atoms. The van der Waals surface area contributed by atoms with Crippen molar-refractivity contribution in [1.29, 1.82) is 0 Å². The molecule has 0 aromatic carbocycles. The summed E-state index contributed by atoms with van der Waals surface area (Å²) in [7, 11) is 0. The van der Waals surface area contributed by atoms with E-state index in [4.69, 9.17) is 0 Å². The highest BCUT2D eigenvalue weighted by Gasteiger charge is 2.46. The maximum Gasteiger partial charge on any atom is 0.120 e. The predicted molar refractivity (Wildman–Crippen MR) is 69.0 cm³/mol. The fourth-order valence-electron chi connectivity index (χ4n) is 3.26. The Bertz CT molecular complexity index is 238. The number of hydrazine groups is 1. The molecule has 1 heterocycles. The van der Waals surface area contributed by atoms with Gasteiger partial charge in [0.1, 0.15) is 12.5 Å². The topological polar surface area (TPSA) is 46.9 Å². The van der Waals surface area contributed by atoms with Gasteiger partial charge in [-0.05, 0) is 60.8 Å². The van der Waals surface area contributed by atoms with Crippen LogP contribution in [0.1, 0.15) is 60.8 Å². The molecule has 4 nitrogen and oxygen atoms in total.